The maximum absolute atomic E-state index is 13.2. The van der Waals surface area contributed by atoms with Gasteiger partial charge in [0.1, 0.15) is 0 Å². The van der Waals surface area contributed by atoms with Gasteiger partial charge in [0.25, 0.3) is 5.91 Å². The van der Waals surface area contributed by atoms with E-state index >= 15 is 0 Å². The van der Waals surface area contributed by atoms with Crippen LogP contribution in [-0.2, 0) is 29.5 Å². The molecule has 1 fully saturated rings. The number of sulfone groups is 1. The van der Waals surface area contributed by atoms with Gasteiger partial charge in [-0.25, -0.2) is 8.42 Å². The average Bonchev–Trinajstić information content (AvgIpc) is 3.14. The molecule has 1 saturated heterocycles. The number of nitrogens with one attached hydrogen (secondary N) is 1. The molecular weight excluding hydrogens is 476 g/mol. The number of benzene rings is 2. The minimum absolute atomic E-state index is 0.156. The van der Waals surface area contributed by atoms with Gasteiger partial charge < -0.3 is 5.32 Å². The molecule has 2 heterocycles. The molecule has 1 aliphatic rings. The highest BCUT2D eigenvalue weighted by atomic mass is 32.2. The van der Waals surface area contributed by atoms with Crippen LogP contribution in [0.15, 0.2) is 36.4 Å². The molecule has 186 valence electrons. The van der Waals surface area contributed by atoms with Crippen LogP contribution in [0.4, 0.5) is 0 Å². The lowest BCUT2D eigenvalue weighted by Gasteiger charge is -2.19. The number of aryl methyl sites for hydroxylation is 2. The fraction of sp³-hybridized carbons (Fsp3) is 0.385. The SMILES string of the molecule is Cc1cc(CN2CCCS(=O)(=O)CC2)cc2c(C(=O)NCc3ccc(C#N)cc3)nn(CCC#N)c12. The van der Waals surface area contributed by atoms with E-state index in [0.29, 0.717) is 49.2 Å². The smallest absolute Gasteiger partial charge is 0.272 e. The van der Waals surface area contributed by atoms with Crippen LogP contribution in [0.5, 0.6) is 0 Å². The molecule has 2 aromatic carbocycles. The number of hydrogen-bond donors (Lipinski definition) is 1. The Bertz CT molecular complexity index is 1460. The maximum Gasteiger partial charge on any atom is 0.272 e. The first-order valence-corrected chi connectivity index (χ1v) is 13.7. The summed E-state index contributed by atoms with van der Waals surface area (Å²) in [6.07, 6.45) is 0.880. The molecule has 36 heavy (non-hydrogen) atoms. The average molecular weight is 505 g/mol. The van der Waals surface area contributed by atoms with Gasteiger partial charge in [-0.3, -0.25) is 14.4 Å². The molecule has 3 aromatic rings. The summed E-state index contributed by atoms with van der Waals surface area (Å²) >= 11 is 0. The largest absolute Gasteiger partial charge is 0.347 e. The van der Waals surface area contributed by atoms with E-state index in [1.807, 2.05) is 19.1 Å². The van der Waals surface area contributed by atoms with Gasteiger partial charge in [0.2, 0.25) is 0 Å². The topological polar surface area (TPSA) is 132 Å². The highest BCUT2D eigenvalue weighted by Crippen LogP contribution is 2.26. The number of nitrogens with zero attached hydrogens (tertiary/aromatic N) is 5. The minimum atomic E-state index is -2.99. The Kier molecular flexibility index (Phi) is 7.68. The molecule has 0 aliphatic carbocycles. The second-order valence-electron chi connectivity index (χ2n) is 9.06. The summed E-state index contributed by atoms with van der Waals surface area (Å²) in [5.41, 5.74) is 4.46. The van der Waals surface area contributed by atoms with Crippen molar-refractivity contribution in [3.8, 4) is 12.1 Å². The first-order chi connectivity index (χ1) is 17.3. The molecule has 0 bridgehead atoms. The molecule has 9 nitrogen and oxygen atoms in total. The number of nitriles is 2. The minimum Gasteiger partial charge on any atom is -0.347 e. The molecular formula is C26H28N6O3S. The first-order valence-electron chi connectivity index (χ1n) is 11.9. The number of hydrogen-bond acceptors (Lipinski definition) is 7. The van der Waals surface area contributed by atoms with Gasteiger partial charge >= 0.3 is 0 Å². The monoisotopic (exact) mass is 504 g/mol. The van der Waals surface area contributed by atoms with E-state index in [0.717, 1.165) is 22.2 Å². The van der Waals surface area contributed by atoms with Crippen LogP contribution >= 0.6 is 0 Å². The van der Waals surface area contributed by atoms with E-state index in [2.05, 4.69) is 27.5 Å². The second kappa shape index (κ2) is 10.9. The van der Waals surface area contributed by atoms with Crippen molar-refractivity contribution >= 4 is 26.6 Å². The van der Waals surface area contributed by atoms with Crippen molar-refractivity contribution in [2.75, 3.05) is 24.6 Å². The van der Waals surface area contributed by atoms with E-state index in [9.17, 15) is 13.2 Å². The third-order valence-corrected chi connectivity index (χ3v) is 8.05. The molecule has 0 spiro atoms. The zero-order chi connectivity index (χ0) is 25.7. The van der Waals surface area contributed by atoms with Gasteiger partial charge in [-0.2, -0.15) is 15.6 Å². The molecule has 1 amide bonds. The lowest BCUT2D eigenvalue weighted by Crippen LogP contribution is -2.26. The van der Waals surface area contributed by atoms with Crippen LogP contribution in [0.2, 0.25) is 0 Å². The number of aromatic nitrogens is 2. The fourth-order valence-electron chi connectivity index (χ4n) is 4.55. The molecule has 0 unspecified atom stereocenters. The third-order valence-electron chi connectivity index (χ3n) is 6.34. The third kappa shape index (κ3) is 5.91. The lowest BCUT2D eigenvalue weighted by molar-refractivity contribution is 0.0946. The van der Waals surface area contributed by atoms with E-state index in [4.69, 9.17) is 10.5 Å². The zero-order valence-corrected chi connectivity index (χ0v) is 21.0. The Labute approximate surface area is 210 Å². The number of rotatable bonds is 7. The summed E-state index contributed by atoms with van der Waals surface area (Å²) in [5.74, 6) is 0.0533. The predicted octanol–water partition coefficient (Wildman–Crippen LogP) is 2.68. The molecule has 10 heteroatoms. The fourth-order valence-corrected chi connectivity index (χ4v) is 5.86. The van der Waals surface area contributed by atoms with Crippen LogP contribution in [0.1, 0.15) is 45.6 Å². The van der Waals surface area contributed by atoms with Crippen LogP contribution < -0.4 is 5.32 Å². The molecule has 1 aromatic heterocycles. The van der Waals surface area contributed by atoms with Crippen molar-refractivity contribution in [1.82, 2.24) is 20.0 Å². The second-order valence-corrected chi connectivity index (χ2v) is 11.4. The summed E-state index contributed by atoms with van der Waals surface area (Å²) in [5, 5.41) is 26.2. The molecule has 1 aliphatic heterocycles. The maximum atomic E-state index is 13.2. The van der Waals surface area contributed by atoms with E-state index in [1.54, 1.807) is 28.9 Å². The van der Waals surface area contributed by atoms with E-state index in [1.165, 1.54) is 0 Å². The number of fused-ring (bicyclic) bond motifs is 1. The highest BCUT2D eigenvalue weighted by Gasteiger charge is 2.22. The highest BCUT2D eigenvalue weighted by molar-refractivity contribution is 7.91. The molecule has 0 radical (unpaired) electrons. The number of carbonyl (C=O) groups excluding carboxylic acids is 1. The summed E-state index contributed by atoms with van der Waals surface area (Å²) < 4.78 is 25.7. The first kappa shape index (κ1) is 25.4. The van der Waals surface area contributed by atoms with Crippen LogP contribution in [0.3, 0.4) is 0 Å². The molecule has 0 atom stereocenters. The normalized spacial score (nSPS) is 15.6. The summed E-state index contributed by atoms with van der Waals surface area (Å²) in [4.78, 5) is 15.3. The Morgan fingerprint density at radius 3 is 2.61 bits per heavy atom. The zero-order valence-electron chi connectivity index (χ0n) is 20.2. The van der Waals surface area contributed by atoms with Crippen molar-refractivity contribution in [3.63, 3.8) is 0 Å². The van der Waals surface area contributed by atoms with Gasteiger partial charge in [0.05, 0.1) is 47.7 Å². The van der Waals surface area contributed by atoms with Crippen molar-refractivity contribution in [2.24, 2.45) is 0 Å². The van der Waals surface area contributed by atoms with Gasteiger partial charge in [-0.05, 0) is 54.8 Å². The Morgan fingerprint density at radius 2 is 1.89 bits per heavy atom. The molecule has 4 rings (SSSR count). The Balaban J connectivity index is 1.61. The summed E-state index contributed by atoms with van der Waals surface area (Å²) in [6, 6.07) is 15.2. The number of amides is 1. The Morgan fingerprint density at radius 1 is 1.11 bits per heavy atom. The molecule has 0 saturated carbocycles. The lowest BCUT2D eigenvalue weighted by atomic mass is 10.0. The standard InChI is InChI=1S/C26H28N6O3S/c1-19-14-22(18-31-9-3-12-36(34,35)13-11-31)15-23-24(30-32(25(19)23)10-2-8-27)26(33)29-17-21-6-4-20(16-28)5-7-21/h4-7,14-15H,2-3,9-13,17-18H2,1H3,(H,29,33). The molecule has 1 N–H and O–H groups in total. The van der Waals surface area contributed by atoms with Crippen molar-refractivity contribution in [2.45, 2.75) is 39.4 Å². The summed E-state index contributed by atoms with van der Waals surface area (Å²) in [6.45, 7) is 4.40. The van der Waals surface area contributed by atoms with Crippen LogP contribution in [-0.4, -0.2) is 53.6 Å². The summed E-state index contributed by atoms with van der Waals surface area (Å²) in [7, 11) is -2.99. The van der Waals surface area contributed by atoms with Crippen molar-refractivity contribution in [1.29, 1.82) is 10.5 Å². The van der Waals surface area contributed by atoms with Crippen LogP contribution in [0.25, 0.3) is 10.9 Å². The van der Waals surface area contributed by atoms with Crippen molar-refractivity contribution < 1.29 is 13.2 Å². The van der Waals surface area contributed by atoms with Crippen molar-refractivity contribution in [3.05, 3.63) is 64.3 Å². The van der Waals surface area contributed by atoms with Gasteiger partial charge in [-0.15, -0.1) is 0 Å². The Hall–Kier alpha value is -3.73. The predicted molar refractivity (Wildman–Crippen MR) is 136 cm³/mol. The van der Waals surface area contributed by atoms with Crippen LogP contribution in [0, 0.1) is 29.6 Å². The van der Waals surface area contributed by atoms with Gasteiger partial charge in [-0.1, -0.05) is 18.2 Å². The van der Waals surface area contributed by atoms with E-state index in [-0.39, 0.29) is 30.4 Å². The number of carbonyl (C=O) groups is 1. The van der Waals surface area contributed by atoms with Gasteiger partial charge in [0, 0.05) is 25.0 Å². The van der Waals surface area contributed by atoms with Gasteiger partial charge in [0.15, 0.2) is 15.5 Å². The quantitative estimate of drug-likeness (QED) is 0.523. The van der Waals surface area contributed by atoms with E-state index < -0.39 is 9.84 Å².